The molecule has 3 rings (SSSR count). The summed E-state index contributed by atoms with van der Waals surface area (Å²) >= 11 is 3.53. The second-order valence-corrected chi connectivity index (χ2v) is 7.82. The van der Waals surface area contributed by atoms with Crippen LogP contribution in [0.25, 0.3) is 0 Å². The molecule has 0 spiro atoms. The third-order valence-corrected chi connectivity index (χ3v) is 5.06. The number of amides is 3. The van der Waals surface area contributed by atoms with Crippen molar-refractivity contribution in [2.24, 2.45) is 17.4 Å². The molecule has 0 bridgehead atoms. The maximum Gasteiger partial charge on any atom is 0.267 e. The Morgan fingerprint density at radius 1 is 1.00 bits per heavy atom. The smallest absolute Gasteiger partial charge is 0.267 e. The maximum atomic E-state index is 12.7. The minimum Gasteiger partial charge on any atom is -0.388 e. The molecule has 0 atom stereocenters. The highest BCUT2D eigenvalue weighted by molar-refractivity contribution is 7.79. The number of hydrogen-bond acceptors (Lipinski definition) is 6. The normalized spacial score (nSPS) is 11.7. The average Bonchev–Trinajstić information content (AvgIpc) is 3.62. The summed E-state index contributed by atoms with van der Waals surface area (Å²) in [7, 11) is 0. The monoisotopic (exact) mass is 517 g/mol. The van der Waals surface area contributed by atoms with Crippen molar-refractivity contribution in [1.29, 1.82) is 5.41 Å². The van der Waals surface area contributed by atoms with Crippen LogP contribution in [0.3, 0.4) is 0 Å². The third-order valence-electron chi connectivity index (χ3n) is 5.06. The topological polar surface area (TPSA) is 168 Å². The van der Waals surface area contributed by atoms with E-state index in [9.17, 15) is 14.4 Å². The molecule has 1 fully saturated rings. The largest absolute Gasteiger partial charge is 0.388 e. The molecule has 10 nitrogen and oxygen atoms in total. The van der Waals surface area contributed by atoms with Gasteiger partial charge in [-0.05, 0) is 55.3 Å². The van der Waals surface area contributed by atoms with E-state index in [0.717, 1.165) is 12.8 Å². The predicted molar refractivity (Wildman–Crippen MR) is 148 cm³/mol. The van der Waals surface area contributed by atoms with Gasteiger partial charge in [0.2, 0.25) is 0 Å². The second kappa shape index (κ2) is 16.4. The zero-order chi connectivity index (χ0) is 27.1. The van der Waals surface area contributed by atoms with Crippen LogP contribution in [0, 0.1) is 11.3 Å². The molecule has 0 saturated heterocycles. The number of carbonyl (C=O) groups is 3. The van der Waals surface area contributed by atoms with Gasteiger partial charge >= 0.3 is 0 Å². The van der Waals surface area contributed by atoms with Crippen LogP contribution in [0.4, 0.5) is 5.69 Å². The summed E-state index contributed by atoms with van der Waals surface area (Å²) in [5.41, 5.74) is 12.5. The molecule has 36 heavy (non-hydrogen) atoms. The van der Waals surface area contributed by atoms with E-state index in [1.54, 1.807) is 42.8 Å². The van der Waals surface area contributed by atoms with Gasteiger partial charge in [-0.1, -0.05) is 13.8 Å². The molecule has 8 N–H and O–H groups in total. The zero-order valence-electron chi connectivity index (χ0n) is 21.3. The lowest BCUT2D eigenvalue weighted by atomic mass is 10.1. The lowest BCUT2D eigenvalue weighted by molar-refractivity contribution is 0.0940. The number of nitrogens with two attached hydrogens (primary N) is 2. The molecule has 1 aliphatic rings. The summed E-state index contributed by atoms with van der Waals surface area (Å²) in [6.07, 6.45) is 5.97. The lowest BCUT2D eigenvalue weighted by Crippen LogP contribution is -2.29. The fourth-order valence-electron chi connectivity index (χ4n) is 3.16. The van der Waals surface area contributed by atoms with Gasteiger partial charge in [0.05, 0.1) is 11.5 Å². The zero-order valence-corrected chi connectivity index (χ0v) is 22.2. The quantitative estimate of drug-likeness (QED) is 0.138. The Kier molecular flexibility index (Phi) is 14.0. The molecular formula is C25H39N7O3S. The maximum absolute atomic E-state index is 12.7. The predicted octanol–water partition coefficient (Wildman–Crippen LogP) is 2.47. The van der Waals surface area contributed by atoms with Gasteiger partial charge in [-0.25, -0.2) is 0 Å². The van der Waals surface area contributed by atoms with E-state index in [2.05, 4.69) is 28.6 Å². The first-order valence-electron chi connectivity index (χ1n) is 12.0. The van der Waals surface area contributed by atoms with Crippen LogP contribution in [0.2, 0.25) is 0 Å². The number of thiol groups is 1. The van der Waals surface area contributed by atoms with E-state index in [4.69, 9.17) is 16.9 Å². The first-order valence-corrected chi connectivity index (χ1v) is 12.9. The number of carbonyl (C=O) groups excluding carboxylic acids is 3. The van der Waals surface area contributed by atoms with E-state index in [1.807, 2.05) is 18.4 Å². The summed E-state index contributed by atoms with van der Waals surface area (Å²) in [6.45, 7) is 5.71. The van der Waals surface area contributed by atoms with Gasteiger partial charge in [-0.3, -0.25) is 19.8 Å². The van der Waals surface area contributed by atoms with Crippen molar-refractivity contribution in [2.45, 2.75) is 39.7 Å². The van der Waals surface area contributed by atoms with E-state index in [1.165, 1.54) is 0 Å². The molecule has 0 unspecified atom stereocenters. The lowest BCUT2D eigenvalue weighted by Gasteiger charge is -2.08. The number of anilines is 1. The number of hydrogen-bond donors (Lipinski definition) is 7. The summed E-state index contributed by atoms with van der Waals surface area (Å²) < 4.78 is 1.85. The minimum atomic E-state index is -0.342. The van der Waals surface area contributed by atoms with Crippen molar-refractivity contribution in [3.05, 3.63) is 53.3 Å². The highest BCUT2D eigenvalue weighted by Crippen LogP contribution is 2.32. The number of nitrogens with zero attached hydrogens (tertiary/aromatic N) is 1. The molecule has 11 heteroatoms. The fourth-order valence-corrected chi connectivity index (χ4v) is 3.16. The fraction of sp³-hybridized carbons (Fsp3) is 0.440. The van der Waals surface area contributed by atoms with Crippen LogP contribution in [0.15, 0.2) is 36.5 Å². The Morgan fingerprint density at radius 3 is 2.08 bits per heavy atom. The number of rotatable bonds is 11. The Balaban J connectivity index is 0.00000154. The summed E-state index contributed by atoms with van der Waals surface area (Å²) in [5.74, 6) is -0.326. The van der Waals surface area contributed by atoms with Gasteiger partial charge in [0.25, 0.3) is 17.7 Å². The van der Waals surface area contributed by atoms with E-state index in [-0.39, 0.29) is 36.5 Å². The van der Waals surface area contributed by atoms with Crippen LogP contribution in [0.1, 0.15) is 64.3 Å². The Bertz CT molecular complexity index is 1000. The van der Waals surface area contributed by atoms with Crippen LogP contribution in [-0.4, -0.2) is 54.0 Å². The third kappa shape index (κ3) is 10.1. The molecule has 198 valence electrons. The molecule has 1 aromatic heterocycles. The van der Waals surface area contributed by atoms with Gasteiger partial charge in [-0.2, -0.15) is 12.6 Å². The van der Waals surface area contributed by atoms with Gasteiger partial charge < -0.3 is 32.0 Å². The average molecular weight is 518 g/mol. The SMILES string of the molecule is CC.CS.N=C(N)CCNC(=O)c1cc(NC(=O)c2ccc(C(=O)NCCN)cc2)cn1CC1CC1. The Labute approximate surface area is 218 Å². The van der Waals surface area contributed by atoms with E-state index >= 15 is 0 Å². The molecule has 1 saturated carbocycles. The highest BCUT2D eigenvalue weighted by Gasteiger charge is 2.24. The number of aromatic nitrogens is 1. The molecule has 1 aromatic carbocycles. The Hall–Kier alpha value is -3.31. The van der Waals surface area contributed by atoms with Crippen LogP contribution >= 0.6 is 12.6 Å². The molecule has 2 aromatic rings. The number of nitrogens with one attached hydrogen (secondary N) is 4. The summed E-state index contributed by atoms with van der Waals surface area (Å²) in [4.78, 5) is 37.2. The first kappa shape index (κ1) is 30.7. The van der Waals surface area contributed by atoms with Crippen LogP contribution < -0.4 is 27.4 Å². The van der Waals surface area contributed by atoms with Crippen LogP contribution in [0.5, 0.6) is 0 Å². The van der Waals surface area contributed by atoms with Crippen molar-refractivity contribution in [3.63, 3.8) is 0 Å². The van der Waals surface area contributed by atoms with Crippen molar-refractivity contribution < 1.29 is 14.4 Å². The molecule has 0 aliphatic heterocycles. The molecule has 3 amide bonds. The number of benzene rings is 1. The summed E-state index contributed by atoms with van der Waals surface area (Å²) in [6, 6.07) is 7.93. The molecule has 1 heterocycles. The Morgan fingerprint density at radius 2 is 1.56 bits per heavy atom. The number of amidine groups is 1. The molecule has 1 aliphatic carbocycles. The first-order chi connectivity index (χ1) is 17.4. The minimum absolute atomic E-state index is 0.00879. The van der Waals surface area contributed by atoms with E-state index < -0.39 is 0 Å². The van der Waals surface area contributed by atoms with Gasteiger partial charge in [0.15, 0.2) is 0 Å². The molecule has 0 radical (unpaired) electrons. The standard InChI is InChI=1S/C22H29N7O3.C2H6.CH4S/c23-8-10-27-20(30)15-3-5-16(6-4-15)21(31)28-17-11-18(22(32)26-9-7-19(24)25)29(13-17)12-14-1-2-14;2*1-2/h3-6,11,13-14H,1-2,7-10,12,23H2,(H3,24,25)(H,26,32)(H,27,30)(H,28,31);1-2H3;2H,1H3. The molecular weight excluding hydrogens is 478 g/mol. The van der Waals surface area contributed by atoms with Crippen molar-refractivity contribution in [3.8, 4) is 0 Å². The van der Waals surface area contributed by atoms with E-state index in [0.29, 0.717) is 48.1 Å². The van der Waals surface area contributed by atoms with Crippen LogP contribution in [-0.2, 0) is 6.54 Å². The van der Waals surface area contributed by atoms with Crippen molar-refractivity contribution in [2.75, 3.05) is 31.2 Å². The highest BCUT2D eigenvalue weighted by atomic mass is 32.1. The second-order valence-electron chi connectivity index (χ2n) is 7.82. The van der Waals surface area contributed by atoms with Crippen molar-refractivity contribution in [1.82, 2.24) is 15.2 Å². The van der Waals surface area contributed by atoms with Gasteiger partial charge in [0, 0.05) is 49.9 Å². The van der Waals surface area contributed by atoms with Gasteiger partial charge in [0.1, 0.15) is 5.69 Å². The summed E-state index contributed by atoms with van der Waals surface area (Å²) in [5, 5.41) is 15.5. The van der Waals surface area contributed by atoms with Crippen molar-refractivity contribution >= 4 is 41.9 Å². The van der Waals surface area contributed by atoms with Gasteiger partial charge in [-0.15, -0.1) is 0 Å².